The van der Waals surface area contributed by atoms with Gasteiger partial charge in [-0.25, -0.2) is 13.2 Å². The van der Waals surface area contributed by atoms with Gasteiger partial charge in [0.15, 0.2) is 0 Å². The monoisotopic (exact) mass is 602 g/mol. The van der Waals surface area contributed by atoms with Gasteiger partial charge in [0, 0.05) is 13.0 Å². The maximum absolute atomic E-state index is 13.4. The van der Waals surface area contributed by atoms with Crippen molar-refractivity contribution in [2.24, 2.45) is 0 Å². The number of nitrogens with zero attached hydrogens (tertiary/aromatic N) is 1. The van der Waals surface area contributed by atoms with Crippen LogP contribution in [0.4, 0.5) is 0 Å². The Kier molecular flexibility index (Phi) is 8.98. The van der Waals surface area contributed by atoms with E-state index in [1.54, 1.807) is 32.4 Å². The molecule has 1 amide bonds. The first-order valence-electron chi connectivity index (χ1n) is 14.0. The van der Waals surface area contributed by atoms with Gasteiger partial charge in [0.05, 0.1) is 31.8 Å². The second-order valence-corrected chi connectivity index (χ2v) is 12.2. The van der Waals surface area contributed by atoms with E-state index in [2.05, 4.69) is 5.32 Å². The van der Waals surface area contributed by atoms with E-state index in [1.165, 1.54) is 23.5 Å². The van der Waals surface area contributed by atoms with E-state index in [9.17, 15) is 18.0 Å². The number of benzene rings is 4. The summed E-state index contributed by atoms with van der Waals surface area (Å²) < 4.78 is 43.9. The van der Waals surface area contributed by atoms with Gasteiger partial charge in [0.2, 0.25) is 15.9 Å². The summed E-state index contributed by atoms with van der Waals surface area (Å²) in [6, 6.07) is 23.6. The minimum Gasteiger partial charge on any atom is -0.496 e. The molecular formula is C33H34N2O7S. The number of hydrogen-bond donors (Lipinski definition) is 1. The number of fused-ring (bicyclic) bond motifs is 1. The number of methoxy groups -OCH3 is 3. The number of sulfonamides is 1. The molecule has 2 atom stereocenters. The standard InChI is InChI=1S/C33H34N2O7S/c1-40-29-12-7-13-30(41-2)31(29)25-17-16-23-19-22(14-15-24(23)21-25)20-27(33(37)42-3)34-32(36)28-11-8-18-35(28)43(38,39)26-9-5-4-6-10-26/h4-7,9-10,12-17,19,21,27-28H,8,11,18,20H2,1-3H3,(H,34,36)/t27?,28-/m0/s1. The zero-order valence-electron chi connectivity index (χ0n) is 24.3. The van der Waals surface area contributed by atoms with Gasteiger partial charge in [-0.15, -0.1) is 0 Å². The largest absolute Gasteiger partial charge is 0.496 e. The molecule has 1 heterocycles. The molecule has 1 fully saturated rings. The highest BCUT2D eigenvalue weighted by Gasteiger charge is 2.40. The number of amides is 1. The maximum atomic E-state index is 13.4. The summed E-state index contributed by atoms with van der Waals surface area (Å²) >= 11 is 0. The fourth-order valence-corrected chi connectivity index (χ4v) is 7.25. The summed E-state index contributed by atoms with van der Waals surface area (Å²) in [5.74, 6) is 0.264. The maximum Gasteiger partial charge on any atom is 0.328 e. The van der Waals surface area contributed by atoms with E-state index >= 15 is 0 Å². The molecular weight excluding hydrogens is 568 g/mol. The van der Waals surface area contributed by atoms with Crippen LogP contribution in [0, 0.1) is 0 Å². The van der Waals surface area contributed by atoms with E-state index in [1.807, 2.05) is 54.6 Å². The minimum atomic E-state index is -3.87. The normalized spacial score (nSPS) is 16.0. The van der Waals surface area contributed by atoms with Crippen molar-refractivity contribution < 1.29 is 32.2 Å². The van der Waals surface area contributed by atoms with Gasteiger partial charge in [0.25, 0.3) is 0 Å². The third-order valence-electron chi connectivity index (χ3n) is 7.72. The van der Waals surface area contributed by atoms with Crippen molar-refractivity contribution in [3.8, 4) is 22.6 Å². The Morgan fingerprint density at radius 1 is 0.884 bits per heavy atom. The second-order valence-electron chi connectivity index (χ2n) is 10.3. The van der Waals surface area contributed by atoms with E-state index < -0.39 is 34.0 Å². The van der Waals surface area contributed by atoms with Crippen LogP contribution in [-0.4, -0.2) is 64.6 Å². The Morgan fingerprint density at radius 2 is 1.56 bits per heavy atom. The predicted molar refractivity (Wildman–Crippen MR) is 163 cm³/mol. The van der Waals surface area contributed by atoms with Gasteiger partial charge in [0.1, 0.15) is 23.6 Å². The molecule has 0 bridgehead atoms. The van der Waals surface area contributed by atoms with Gasteiger partial charge in [-0.3, -0.25) is 4.79 Å². The zero-order chi connectivity index (χ0) is 30.6. The number of carbonyl (C=O) groups excluding carboxylic acids is 2. The molecule has 4 aromatic carbocycles. The molecule has 43 heavy (non-hydrogen) atoms. The van der Waals surface area contributed by atoms with Crippen LogP contribution in [0.25, 0.3) is 21.9 Å². The van der Waals surface area contributed by atoms with Gasteiger partial charge in [-0.1, -0.05) is 54.6 Å². The topological polar surface area (TPSA) is 111 Å². The van der Waals surface area contributed by atoms with Crippen molar-refractivity contribution in [1.29, 1.82) is 0 Å². The predicted octanol–water partition coefficient (Wildman–Crippen LogP) is 4.58. The highest BCUT2D eigenvalue weighted by atomic mass is 32.2. The van der Waals surface area contributed by atoms with Gasteiger partial charge < -0.3 is 19.5 Å². The molecule has 0 saturated carbocycles. The van der Waals surface area contributed by atoms with Gasteiger partial charge >= 0.3 is 5.97 Å². The zero-order valence-corrected chi connectivity index (χ0v) is 25.1. The lowest BCUT2D eigenvalue weighted by Gasteiger charge is -2.25. The second kappa shape index (κ2) is 12.8. The van der Waals surface area contributed by atoms with E-state index in [4.69, 9.17) is 14.2 Å². The molecule has 4 aromatic rings. The van der Waals surface area contributed by atoms with Gasteiger partial charge in [-0.2, -0.15) is 4.31 Å². The van der Waals surface area contributed by atoms with Crippen LogP contribution in [0.1, 0.15) is 18.4 Å². The van der Waals surface area contributed by atoms with Crippen LogP contribution < -0.4 is 14.8 Å². The van der Waals surface area contributed by atoms with Crippen LogP contribution >= 0.6 is 0 Å². The first kappa shape index (κ1) is 30.1. The summed E-state index contributed by atoms with van der Waals surface area (Å²) in [7, 11) is 0.631. The number of esters is 1. The molecule has 0 aliphatic carbocycles. The smallest absolute Gasteiger partial charge is 0.328 e. The molecule has 0 spiro atoms. The Balaban J connectivity index is 1.36. The molecule has 5 rings (SSSR count). The summed E-state index contributed by atoms with van der Waals surface area (Å²) in [4.78, 5) is 26.3. The van der Waals surface area contributed by atoms with E-state index in [0.29, 0.717) is 24.3 Å². The highest BCUT2D eigenvalue weighted by Crippen LogP contribution is 2.39. The van der Waals surface area contributed by atoms with Crippen molar-refractivity contribution in [3.63, 3.8) is 0 Å². The van der Waals surface area contributed by atoms with Crippen LogP contribution in [0.2, 0.25) is 0 Å². The summed E-state index contributed by atoms with van der Waals surface area (Å²) in [5, 5.41) is 4.69. The average Bonchev–Trinajstić information content (AvgIpc) is 3.55. The highest BCUT2D eigenvalue weighted by molar-refractivity contribution is 7.89. The number of nitrogens with one attached hydrogen (secondary N) is 1. The number of carbonyl (C=O) groups is 2. The Labute approximate surface area is 251 Å². The van der Waals surface area contributed by atoms with Crippen LogP contribution in [-0.2, 0) is 30.8 Å². The Morgan fingerprint density at radius 3 is 2.23 bits per heavy atom. The number of hydrogen-bond acceptors (Lipinski definition) is 7. The lowest BCUT2D eigenvalue weighted by atomic mass is 9.97. The third-order valence-corrected chi connectivity index (χ3v) is 9.64. The van der Waals surface area contributed by atoms with Gasteiger partial charge in [-0.05, 0) is 65.1 Å². The molecule has 1 aliphatic heterocycles. The number of rotatable bonds is 10. The first-order chi connectivity index (χ1) is 20.8. The van der Waals surface area contributed by atoms with Crippen molar-refractivity contribution in [2.45, 2.75) is 36.2 Å². The summed E-state index contributed by atoms with van der Waals surface area (Å²) in [5.41, 5.74) is 2.59. The fraction of sp³-hybridized carbons (Fsp3) is 0.273. The number of ether oxygens (including phenoxy) is 3. The Bertz CT molecular complexity index is 1720. The molecule has 224 valence electrons. The molecule has 1 N–H and O–H groups in total. The Hall–Kier alpha value is -4.41. The van der Waals surface area contributed by atoms with Crippen LogP contribution in [0.3, 0.4) is 0 Å². The molecule has 1 aliphatic rings. The lowest BCUT2D eigenvalue weighted by molar-refractivity contribution is -0.145. The average molecular weight is 603 g/mol. The molecule has 1 unspecified atom stereocenters. The van der Waals surface area contributed by atoms with E-state index in [-0.39, 0.29) is 17.9 Å². The summed E-state index contributed by atoms with van der Waals surface area (Å²) in [6.07, 6.45) is 1.08. The van der Waals surface area contributed by atoms with Crippen molar-refractivity contribution in [3.05, 3.63) is 90.5 Å². The molecule has 9 nitrogen and oxygen atoms in total. The quantitative estimate of drug-likeness (QED) is 0.265. The molecule has 0 radical (unpaired) electrons. The molecule has 0 aromatic heterocycles. The minimum absolute atomic E-state index is 0.127. The van der Waals surface area contributed by atoms with Crippen molar-refractivity contribution >= 4 is 32.7 Å². The van der Waals surface area contributed by atoms with Crippen LogP contribution in [0.15, 0.2) is 89.8 Å². The van der Waals surface area contributed by atoms with Crippen molar-refractivity contribution in [2.75, 3.05) is 27.9 Å². The third kappa shape index (κ3) is 6.21. The van der Waals surface area contributed by atoms with Crippen molar-refractivity contribution in [1.82, 2.24) is 9.62 Å². The lowest BCUT2D eigenvalue weighted by Crippen LogP contribution is -2.51. The first-order valence-corrected chi connectivity index (χ1v) is 15.4. The van der Waals surface area contributed by atoms with E-state index in [0.717, 1.165) is 27.5 Å². The van der Waals surface area contributed by atoms with Crippen LogP contribution in [0.5, 0.6) is 11.5 Å². The molecule has 1 saturated heterocycles. The fourth-order valence-electron chi connectivity index (χ4n) is 5.57. The summed E-state index contributed by atoms with van der Waals surface area (Å²) in [6.45, 7) is 0.228. The SMILES string of the molecule is COC(=O)C(Cc1ccc2cc(-c3c(OC)cccc3OC)ccc2c1)NC(=O)[C@@H]1CCCN1S(=O)(=O)c1ccccc1. The molecule has 10 heteroatoms.